The van der Waals surface area contributed by atoms with E-state index in [9.17, 15) is 9.90 Å². The van der Waals surface area contributed by atoms with Crippen molar-refractivity contribution in [1.82, 2.24) is 4.90 Å². The maximum absolute atomic E-state index is 12.6. The zero-order chi connectivity index (χ0) is 15.9. The van der Waals surface area contributed by atoms with E-state index in [1.807, 2.05) is 12.1 Å². The highest BCUT2D eigenvalue weighted by atomic mass is 16.5. The van der Waals surface area contributed by atoms with E-state index in [-0.39, 0.29) is 11.8 Å². The van der Waals surface area contributed by atoms with Gasteiger partial charge in [-0.3, -0.25) is 4.79 Å². The quantitative estimate of drug-likeness (QED) is 0.868. The van der Waals surface area contributed by atoms with Crippen molar-refractivity contribution in [3.63, 3.8) is 0 Å². The lowest BCUT2D eigenvalue weighted by atomic mass is 10.0. The predicted octanol–water partition coefficient (Wildman–Crippen LogP) is 1.69. The molecule has 0 heterocycles. The average Bonchev–Trinajstić information content (AvgIpc) is 2.97. The van der Waals surface area contributed by atoms with Crippen LogP contribution < -0.4 is 0 Å². The van der Waals surface area contributed by atoms with E-state index in [1.54, 1.807) is 24.1 Å². The number of hydrogen-bond acceptors (Lipinski definition) is 4. The van der Waals surface area contributed by atoms with Crippen LogP contribution in [-0.2, 0) is 16.1 Å². The van der Waals surface area contributed by atoms with Crippen LogP contribution in [0.5, 0.6) is 0 Å². The highest BCUT2D eigenvalue weighted by molar-refractivity contribution is 5.79. The Labute approximate surface area is 131 Å². The molecule has 0 spiro atoms. The Morgan fingerprint density at radius 3 is 2.68 bits per heavy atom. The topological polar surface area (TPSA) is 73.6 Å². The number of aliphatic hydroxyl groups is 1. The zero-order valence-corrected chi connectivity index (χ0v) is 12.9. The summed E-state index contributed by atoms with van der Waals surface area (Å²) < 4.78 is 5.09. The molecule has 1 aromatic rings. The number of amides is 1. The van der Waals surface area contributed by atoms with E-state index < -0.39 is 6.10 Å². The summed E-state index contributed by atoms with van der Waals surface area (Å²) in [7, 11) is 1.61. The zero-order valence-electron chi connectivity index (χ0n) is 12.9. The van der Waals surface area contributed by atoms with Crippen molar-refractivity contribution in [3.8, 4) is 6.07 Å². The third-order valence-corrected chi connectivity index (χ3v) is 4.13. The molecule has 1 amide bonds. The van der Waals surface area contributed by atoms with Crippen molar-refractivity contribution in [2.45, 2.75) is 31.9 Å². The van der Waals surface area contributed by atoms with Gasteiger partial charge in [0.05, 0.1) is 30.3 Å². The van der Waals surface area contributed by atoms with Crippen LogP contribution >= 0.6 is 0 Å². The summed E-state index contributed by atoms with van der Waals surface area (Å²) in [6.45, 7) is 1.43. The minimum absolute atomic E-state index is 0.00795. The molecule has 1 aliphatic rings. The monoisotopic (exact) mass is 302 g/mol. The summed E-state index contributed by atoms with van der Waals surface area (Å²) in [6, 6.07) is 9.29. The Bertz CT molecular complexity index is 536. The fourth-order valence-corrected chi connectivity index (χ4v) is 2.84. The summed E-state index contributed by atoms with van der Waals surface area (Å²) >= 11 is 0. The van der Waals surface area contributed by atoms with Crippen molar-refractivity contribution in [2.24, 2.45) is 5.92 Å². The van der Waals surface area contributed by atoms with Gasteiger partial charge in [-0.05, 0) is 37.0 Å². The maximum Gasteiger partial charge on any atom is 0.228 e. The van der Waals surface area contributed by atoms with Gasteiger partial charge in [0.1, 0.15) is 0 Å². The number of nitriles is 1. The molecule has 0 saturated heterocycles. The second kappa shape index (κ2) is 7.92. The van der Waals surface area contributed by atoms with Crippen molar-refractivity contribution >= 4 is 5.91 Å². The Kier molecular flexibility index (Phi) is 5.93. The van der Waals surface area contributed by atoms with Crippen LogP contribution in [0.3, 0.4) is 0 Å². The van der Waals surface area contributed by atoms with Crippen LogP contribution in [0.15, 0.2) is 24.3 Å². The first-order chi connectivity index (χ1) is 10.7. The van der Waals surface area contributed by atoms with Crippen LogP contribution in [0.25, 0.3) is 0 Å². The van der Waals surface area contributed by atoms with Crippen LogP contribution in [0.4, 0.5) is 0 Å². The van der Waals surface area contributed by atoms with Crippen LogP contribution in [0.2, 0.25) is 0 Å². The first kappa shape index (κ1) is 16.5. The first-order valence-corrected chi connectivity index (χ1v) is 7.60. The molecule has 0 radical (unpaired) electrons. The fourth-order valence-electron chi connectivity index (χ4n) is 2.84. The number of hydrogen-bond donors (Lipinski definition) is 1. The normalized spacial score (nSPS) is 20.6. The van der Waals surface area contributed by atoms with E-state index in [1.165, 1.54) is 0 Å². The molecule has 2 unspecified atom stereocenters. The number of aliphatic hydroxyl groups excluding tert-OH is 1. The SMILES string of the molecule is COCCN(Cc1ccc(C#N)cc1)C(=O)C1CCCC1O. The second-order valence-electron chi connectivity index (χ2n) is 5.67. The second-order valence-corrected chi connectivity index (χ2v) is 5.67. The van der Waals surface area contributed by atoms with E-state index in [2.05, 4.69) is 6.07 Å². The fraction of sp³-hybridized carbons (Fsp3) is 0.529. The number of ether oxygens (including phenoxy) is 1. The Balaban J connectivity index is 2.07. The molecule has 0 aliphatic heterocycles. The Morgan fingerprint density at radius 1 is 1.41 bits per heavy atom. The van der Waals surface area contributed by atoms with Gasteiger partial charge in [0.15, 0.2) is 0 Å². The molecular formula is C17H22N2O3. The number of carbonyl (C=O) groups is 1. The average molecular weight is 302 g/mol. The van der Waals surface area contributed by atoms with Crippen LogP contribution in [0, 0.1) is 17.2 Å². The van der Waals surface area contributed by atoms with E-state index in [0.717, 1.165) is 18.4 Å². The van der Waals surface area contributed by atoms with Crippen molar-refractivity contribution < 1.29 is 14.6 Å². The number of methoxy groups -OCH3 is 1. The van der Waals surface area contributed by atoms with Gasteiger partial charge in [-0.2, -0.15) is 5.26 Å². The van der Waals surface area contributed by atoms with Gasteiger partial charge >= 0.3 is 0 Å². The van der Waals surface area contributed by atoms with Gasteiger partial charge in [0.2, 0.25) is 5.91 Å². The Hall–Kier alpha value is -1.90. The molecule has 0 aromatic heterocycles. The van der Waals surface area contributed by atoms with Crippen molar-refractivity contribution in [2.75, 3.05) is 20.3 Å². The van der Waals surface area contributed by atoms with E-state index >= 15 is 0 Å². The third-order valence-electron chi connectivity index (χ3n) is 4.13. The molecule has 0 bridgehead atoms. The minimum atomic E-state index is -0.529. The summed E-state index contributed by atoms with van der Waals surface area (Å²) in [5.74, 6) is -0.304. The summed E-state index contributed by atoms with van der Waals surface area (Å²) in [6.07, 6.45) is 1.81. The molecule has 1 aliphatic carbocycles. The molecule has 118 valence electrons. The van der Waals surface area contributed by atoms with E-state index in [4.69, 9.17) is 10.00 Å². The number of nitrogens with zero attached hydrogens (tertiary/aromatic N) is 2. The lowest BCUT2D eigenvalue weighted by Crippen LogP contribution is -2.40. The van der Waals surface area contributed by atoms with Gasteiger partial charge in [-0.25, -0.2) is 0 Å². The molecule has 1 saturated carbocycles. The molecule has 5 heteroatoms. The Morgan fingerprint density at radius 2 is 2.14 bits per heavy atom. The highest BCUT2D eigenvalue weighted by Gasteiger charge is 2.34. The van der Waals surface area contributed by atoms with Crippen LogP contribution in [-0.4, -0.2) is 42.3 Å². The van der Waals surface area contributed by atoms with Gasteiger partial charge < -0.3 is 14.7 Å². The highest BCUT2D eigenvalue weighted by Crippen LogP contribution is 2.27. The molecule has 1 aromatic carbocycles. The molecule has 2 atom stereocenters. The van der Waals surface area contributed by atoms with Gasteiger partial charge in [0.25, 0.3) is 0 Å². The molecule has 22 heavy (non-hydrogen) atoms. The minimum Gasteiger partial charge on any atom is -0.392 e. The van der Waals surface area contributed by atoms with E-state index in [0.29, 0.717) is 31.7 Å². The summed E-state index contributed by atoms with van der Waals surface area (Å²) in [5, 5.41) is 18.8. The first-order valence-electron chi connectivity index (χ1n) is 7.60. The largest absolute Gasteiger partial charge is 0.392 e. The van der Waals surface area contributed by atoms with Gasteiger partial charge in [0, 0.05) is 20.2 Å². The molecule has 1 N–H and O–H groups in total. The third kappa shape index (κ3) is 4.06. The number of benzene rings is 1. The van der Waals surface area contributed by atoms with Gasteiger partial charge in [-0.1, -0.05) is 12.1 Å². The molecule has 2 rings (SSSR count). The predicted molar refractivity (Wildman–Crippen MR) is 81.8 cm³/mol. The number of carbonyl (C=O) groups excluding carboxylic acids is 1. The number of rotatable bonds is 6. The van der Waals surface area contributed by atoms with Gasteiger partial charge in [-0.15, -0.1) is 0 Å². The summed E-state index contributed by atoms with van der Waals surface area (Å²) in [4.78, 5) is 14.4. The molecule has 1 fully saturated rings. The lowest BCUT2D eigenvalue weighted by Gasteiger charge is -2.27. The van der Waals surface area contributed by atoms with Crippen molar-refractivity contribution in [1.29, 1.82) is 5.26 Å². The van der Waals surface area contributed by atoms with Crippen molar-refractivity contribution in [3.05, 3.63) is 35.4 Å². The lowest BCUT2D eigenvalue weighted by molar-refractivity contribution is -0.139. The van der Waals surface area contributed by atoms with Crippen LogP contribution in [0.1, 0.15) is 30.4 Å². The summed E-state index contributed by atoms with van der Waals surface area (Å²) in [5.41, 5.74) is 1.57. The smallest absolute Gasteiger partial charge is 0.228 e. The standard InChI is InChI=1S/C17H22N2O3/c1-22-10-9-19(17(21)15-3-2-4-16(15)20)12-14-7-5-13(11-18)6-8-14/h5-8,15-16,20H,2-4,9-10,12H2,1H3. The molecular weight excluding hydrogens is 280 g/mol. The maximum atomic E-state index is 12.6. The molecule has 5 nitrogen and oxygen atoms in total.